The van der Waals surface area contributed by atoms with Crippen LogP contribution < -0.4 is 0 Å². The summed E-state index contributed by atoms with van der Waals surface area (Å²) >= 11 is 6.05. The zero-order valence-electron chi connectivity index (χ0n) is 8.74. The molecule has 2 N–H and O–H groups in total. The maximum absolute atomic E-state index is 9.74. The fourth-order valence-corrected chi connectivity index (χ4v) is 1.85. The van der Waals surface area contributed by atoms with Gasteiger partial charge in [0.25, 0.3) is 0 Å². The van der Waals surface area contributed by atoms with Crippen LogP contribution in [0.1, 0.15) is 5.56 Å². The second-order valence-electron chi connectivity index (χ2n) is 3.65. The Morgan fingerprint density at radius 1 is 1.00 bits per heavy atom. The fourth-order valence-electron chi connectivity index (χ4n) is 1.63. The largest absolute Gasteiger partial charge is 0.507 e. The van der Waals surface area contributed by atoms with Gasteiger partial charge in [0.2, 0.25) is 0 Å². The molecule has 0 radical (unpaired) electrons. The SMILES string of the molecule is Cc1ccc(Cl)c(-c2c(O)cccc2O)c1. The van der Waals surface area contributed by atoms with E-state index >= 15 is 0 Å². The highest BCUT2D eigenvalue weighted by Crippen LogP contribution is 2.40. The van der Waals surface area contributed by atoms with Gasteiger partial charge in [-0.2, -0.15) is 0 Å². The number of hydrogen-bond donors (Lipinski definition) is 2. The molecule has 0 aliphatic rings. The Morgan fingerprint density at radius 2 is 1.62 bits per heavy atom. The van der Waals surface area contributed by atoms with E-state index in [1.165, 1.54) is 12.1 Å². The van der Waals surface area contributed by atoms with E-state index < -0.39 is 0 Å². The lowest BCUT2D eigenvalue weighted by molar-refractivity contribution is 0.454. The normalized spacial score (nSPS) is 10.4. The molecule has 3 heteroatoms. The average Bonchev–Trinajstić information content (AvgIpc) is 2.23. The van der Waals surface area contributed by atoms with Crippen molar-refractivity contribution in [3.8, 4) is 22.6 Å². The molecule has 0 amide bonds. The predicted octanol–water partition coefficient (Wildman–Crippen LogP) is 3.73. The van der Waals surface area contributed by atoms with Gasteiger partial charge in [0.05, 0.1) is 5.56 Å². The van der Waals surface area contributed by atoms with Crippen LogP contribution >= 0.6 is 11.6 Å². The Kier molecular flexibility index (Phi) is 2.75. The molecule has 82 valence electrons. The molecule has 2 aromatic carbocycles. The number of phenols is 2. The molecular weight excluding hydrogens is 224 g/mol. The van der Waals surface area contributed by atoms with E-state index in [1.54, 1.807) is 12.1 Å². The van der Waals surface area contributed by atoms with Crippen LogP contribution in [0.4, 0.5) is 0 Å². The Balaban J connectivity index is 2.72. The highest BCUT2D eigenvalue weighted by Gasteiger charge is 2.12. The first kappa shape index (κ1) is 10.8. The summed E-state index contributed by atoms with van der Waals surface area (Å²) in [5.74, 6) is 0.0417. The van der Waals surface area contributed by atoms with Crippen LogP contribution in [0.25, 0.3) is 11.1 Å². The first-order valence-corrected chi connectivity index (χ1v) is 5.25. The smallest absolute Gasteiger partial charge is 0.127 e. The van der Waals surface area contributed by atoms with Gasteiger partial charge in [0.1, 0.15) is 11.5 Å². The Bertz CT molecular complexity index is 515. The Hall–Kier alpha value is -1.67. The fraction of sp³-hybridized carbons (Fsp3) is 0.0769. The zero-order chi connectivity index (χ0) is 11.7. The molecule has 2 aromatic rings. The summed E-state index contributed by atoms with van der Waals surface area (Å²) in [5, 5.41) is 20.0. The Morgan fingerprint density at radius 3 is 2.25 bits per heavy atom. The van der Waals surface area contributed by atoms with Gasteiger partial charge in [-0.15, -0.1) is 0 Å². The van der Waals surface area contributed by atoms with Crippen molar-refractivity contribution in [2.75, 3.05) is 0 Å². The van der Waals surface area contributed by atoms with Gasteiger partial charge < -0.3 is 10.2 Å². The molecular formula is C13H11ClO2. The van der Waals surface area contributed by atoms with Crippen LogP contribution in [-0.2, 0) is 0 Å². The van der Waals surface area contributed by atoms with Gasteiger partial charge in [-0.05, 0) is 31.2 Å². The lowest BCUT2D eigenvalue weighted by Crippen LogP contribution is -1.83. The molecule has 0 unspecified atom stereocenters. The third kappa shape index (κ3) is 1.84. The lowest BCUT2D eigenvalue weighted by Gasteiger charge is -2.09. The third-order valence-electron chi connectivity index (χ3n) is 2.41. The van der Waals surface area contributed by atoms with Crippen LogP contribution in [-0.4, -0.2) is 10.2 Å². The van der Waals surface area contributed by atoms with E-state index in [0.717, 1.165) is 5.56 Å². The van der Waals surface area contributed by atoms with Crippen molar-refractivity contribution >= 4 is 11.6 Å². The van der Waals surface area contributed by atoms with E-state index in [1.807, 2.05) is 19.1 Å². The number of halogens is 1. The minimum atomic E-state index is 0.0208. The molecule has 0 saturated carbocycles. The van der Waals surface area contributed by atoms with Crippen LogP contribution in [0.15, 0.2) is 36.4 Å². The summed E-state index contributed by atoms with van der Waals surface area (Å²) in [7, 11) is 0. The molecule has 0 bridgehead atoms. The summed E-state index contributed by atoms with van der Waals surface area (Å²) < 4.78 is 0. The molecule has 0 spiro atoms. The molecule has 16 heavy (non-hydrogen) atoms. The monoisotopic (exact) mass is 234 g/mol. The van der Waals surface area contributed by atoms with Gasteiger partial charge in [0.15, 0.2) is 0 Å². The summed E-state index contributed by atoms with van der Waals surface area (Å²) in [6.45, 7) is 1.93. The Labute approximate surface area is 98.7 Å². The second-order valence-corrected chi connectivity index (χ2v) is 4.06. The molecule has 0 saturated heterocycles. The summed E-state index contributed by atoms with van der Waals surface area (Å²) in [6.07, 6.45) is 0. The summed E-state index contributed by atoms with van der Waals surface area (Å²) in [4.78, 5) is 0. The summed E-state index contributed by atoms with van der Waals surface area (Å²) in [6, 6.07) is 10.1. The number of benzene rings is 2. The van der Waals surface area contributed by atoms with Crippen molar-refractivity contribution in [1.29, 1.82) is 0 Å². The van der Waals surface area contributed by atoms with E-state index in [0.29, 0.717) is 16.1 Å². The molecule has 2 rings (SSSR count). The van der Waals surface area contributed by atoms with Crippen LogP contribution in [0, 0.1) is 6.92 Å². The number of aromatic hydroxyl groups is 2. The highest BCUT2D eigenvalue weighted by atomic mass is 35.5. The topological polar surface area (TPSA) is 40.5 Å². The van der Waals surface area contributed by atoms with Gasteiger partial charge in [-0.25, -0.2) is 0 Å². The molecule has 2 nitrogen and oxygen atoms in total. The van der Waals surface area contributed by atoms with Crippen molar-refractivity contribution in [2.45, 2.75) is 6.92 Å². The van der Waals surface area contributed by atoms with Gasteiger partial charge in [-0.3, -0.25) is 0 Å². The molecule has 0 aliphatic heterocycles. The zero-order valence-corrected chi connectivity index (χ0v) is 9.49. The maximum Gasteiger partial charge on any atom is 0.127 e. The van der Waals surface area contributed by atoms with Crippen LogP contribution in [0.2, 0.25) is 5.02 Å². The molecule has 0 aliphatic carbocycles. The van der Waals surface area contributed by atoms with Gasteiger partial charge >= 0.3 is 0 Å². The lowest BCUT2D eigenvalue weighted by atomic mass is 10.0. The van der Waals surface area contributed by atoms with Crippen molar-refractivity contribution < 1.29 is 10.2 Å². The standard InChI is InChI=1S/C13H11ClO2/c1-8-5-6-10(14)9(7-8)13-11(15)3-2-4-12(13)16/h2-7,15-16H,1H3. The minimum absolute atomic E-state index is 0.0208. The number of hydrogen-bond acceptors (Lipinski definition) is 2. The van der Waals surface area contributed by atoms with Gasteiger partial charge in [-0.1, -0.05) is 29.3 Å². The van der Waals surface area contributed by atoms with Gasteiger partial charge in [0, 0.05) is 10.6 Å². The first-order chi connectivity index (χ1) is 7.59. The second kappa shape index (κ2) is 4.06. The molecule has 0 fully saturated rings. The maximum atomic E-state index is 9.74. The average molecular weight is 235 g/mol. The number of aryl methyl sites for hydroxylation is 1. The van der Waals surface area contributed by atoms with Crippen LogP contribution in [0.3, 0.4) is 0 Å². The number of phenolic OH excluding ortho intramolecular Hbond substituents is 2. The minimum Gasteiger partial charge on any atom is -0.507 e. The van der Waals surface area contributed by atoms with Crippen molar-refractivity contribution in [3.63, 3.8) is 0 Å². The van der Waals surface area contributed by atoms with E-state index in [2.05, 4.69) is 0 Å². The highest BCUT2D eigenvalue weighted by molar-refractivity contribution is 6.33. The van der Waals surface area contributed by atoms with Crippen molar-refractivity contribution in [1.82, 2.24) is 0 Å². The number of rotatable bonds is 1. The van der Waals surface area contributed by atoms with Crippen LogP contribution in [0.5, 0.6) is 11.5 Å². The van der Waals surface area contributed by atoms with E-state index in [9.17, 15) is 10.2 Å². The molecule has 0 heterocycles. The van der Waals surface area contributed by atoms with E-state index in [4.69, 9.17) is 11.6 Å². The predicted molar refractivity (Wildman–Crippen MR) is 65.0 cm³/mol. The van der Waals surface area contributed by atoms with Crippen molar-refractivity contribution in [3.05, 3.63) is 47.0 Å². The summed E-state index contributed by atoms with van der Waals surface area (Å²) in [5.41, 5.74) is 2.02. The quantitative estimate of drug-likeness (QED) is 0.789. The molecule has 0 atom stereocenters. The first-order valence-electron chi connectivity index (χ1n) is 4.87. The van der Waals surface area contributed by atoms with Crippen molar-refractivity contribution in [2.24, 2.45) is 0 Å². The molecule has 0 aromatic heterocycles. The third-order valence-corrected chi connectivity index (χ3v) is 2.74. The van der Waals surface area contributed by atoms with E-state index in [-0.39, 0.29) is 11.5 Å².